The highest BCUT2D eigenvalue weighted by atomic mass is 16.1. The summed E-state index contributed by atoms with van der Waals surface area (Å²) in [5.41, 5.74) is 6.35. The molecule has 0 radical (unpaired) electrons. The molecule has 19 heavy (non-hydrogen) atoms. The summed E-state index contributed by atoms with van der Waals surface area (Å²) in [5.74, 6) is 0. The summed E-state index contributed by atoms with van der Waals surface area (Å²) in [4.78, 5) is 14.3. The van der Waals surface area contributed by atoms with Crippen LogP contribution in [0, 0.1) is 13.8 Å². The lowest BCUT2D eigenvalue weighted by atomic mass is 10.00. The van der Waals surface area contributed by atoms with Crippen molar-refractivity contribution in [3.8, 4) is 11.1 Å². The lowest BCUT2D eigenvalue weighted by Gasteiger charge is -2.05. The van der Waals surface area contributed by atoms with E-state index in [9.17, 15) is 4.79 Å². The smallest absolute Gasteiger partial charge is 0.150 e. The Balaban J connectivity index is 2.17. The number of aromatic nitrogens is 1. The molecule has 3 aromatic rings. The van der Waals surface area contributed by atoms with E-state index in [0.717, 1.165) is 39.8 Å². The van der Waals surface area contributed by atoms with Crippen molar-refractivity contribution in [3.05, 3.63) is 59.3 Å². The van der Waals surface area contributed by atoms with Gasteiger partial charge < -0.3 is 4.98 Å². The molecule has 94 valence electrons. The Morgan fingerprint density at radius 2 is 1.79 bits per heavy atom. The standard InChI is InChI=1S/C17H15NO/c1-11-5-13(10-19)8-15(6-11)14-3-4-17-16(9-14)7-12(2)18-17/h3-10,18H,1-2H3. The first-order valence-corrected chi connectivity index (χ1v) is 6.32. The molecule has 0 unspecified atom stereocenters. The highest BCUT2D eigenvalue weighted by Crippen LogP contribution is 2.26. The number of H-pyrrole nitrogens is 1. The van der Waals surface area contributed by atoms with Crippen LogP contribution in [0.25, 0.3) is 22.0 Å². The number of fused-ring (bicyclic) bond motifs is 1. The zero-order valence-corrected chi connectivity index (χ0v) is 11.0. The number of aldehydes is 1. The van der Waals surface area contributed by atoms with Crippen molar-refractivity contribution in [2.24, 2.45) is 0 Å². The van der Waals surface area contributed by atoms with Gasteiger partial charge in [-0.05, 0) is 60.9 Å². The lowest BCUT2D eigenvalue weighted by molar-refractivity contribution is 0.112. The number of carbonyl (C=O) groups excluding carboxylic acids is 1. The SMILES string of the molecule is Cc1cc(C=O)cc(-c2ccc3[nH]c(C)cc3c2)c1. The first-order chi connectivity index (χ1) is 9.15. The van der Waals surface area contributed by atoms with Crippen molar-refractivity contribution in [1.29, 1.82) is 0 Å². The molecule has 1 aromatic heterocycles. The molecule has 0 atom stereocenters. The summed E-state index contributed by atoms with van der Waals surface area (Å²) in [6.07, 6.45) is 0.898. The van der Waals surface area contributed by atoms with Crippen LogP contribution in [0.1, 0.15) is 21.6 Å². The number of hydrogen-bond donors (Lipinski definition) is 1. The molecule has 0 aliphatic carbocycles. The Morgan fingerprint density at radius 3 is 2.58 bits per heavy atom. The molecule has 0 saturated carbocycles. The second-order valence-electron chi connectivity index (χ2n) is 5.00. The lowest BCUT2D eigenvalue weighted by Crippen LogP contribution is -1.85. The van der Waals surface area contributed by atoms with Crippen molar-refractivity contribution >= 4 is 17.2 Å². The molecule has 2 heteroatoms. The van der Waals surface area contributed by atoms with Gasteiger partial charge in [-0.25, -0.2) is 0 Å². The normalized spacial score (nSPS) is 10.8. The maximum atomic E-state index is 11.0. The van der Waals surface area contributed by atoms with Gasteiger partial charge in [0.05, 0.1) is 0 Å². The van der Waals surface area contributed by atoms with Gasteiger partial charge in [0.1, 0.15) is 6.29 Å². The third-order valence-corrected chi connectivity index (χ3v) is 3.32. The number of aromatic amines is 1. The molecule has 0 saturated heterocycles. The third-order valence-electron chi connectivity index (χ3n) is 3.32. The van der Waals surface area contributed by atoms with Crippen molar-refractivity contribution in [3.63, 3.8) is 0 Å². The van der Waals surface area contributed by atoms with Crippen LogP contribution in [0.5, 0.6) is 0 Å². The highest BCUT2D eigenvalue weighted by Gasteiger charge is 2.04. The predicted molar refractivity (Wildman–Crippen MR) is 78.6 cm³/mol. The van der Waals surface area contributed by atoms with Gasteiger partial charge >= 0.3 is 0 Å². The maximum absolute atomic E-state index is 11.0. The number of nitrogens with one attached hydrogen (secondary N) is 1. The van der Waals surface area contributed by atoms with Gasteiger partial charge in [0.25, 0.3) is 0 Å². The summed E-state index contributed by atoms with van der Waals surface area (Å²) in [7, 11) is 0. The summed E-state index contributed by atoms with van der Waals surface area (Å²) >= 11 is 0. The van der Waals surface area contributed by atoms with Crippen LogP contribution in [-0.2, 0) is 0 Å². The quantitative estimate of drug-likeness (QED) is 0.676. The average molecular weight is 249 g/mol. The van der Waals surface area contributed by atoms with Gasteiger partial charge in [0.15, 0.2) is 0 Å². The van der Waals surface area contributed by atoms with Gasteiger partial charge in [-0.3, -0.25) is 4.79 Å². The van der Waals surface area contributed by atoms with Crippen LogP contribution >= 0.6 is 0 Å². The fourth-order valence-corrected chi connectivity index (χ4v) is 2.50. The summed E-state index contributed by atoms with van der Waals surface area (Å²) in [6, 6.07) is 14.4. The highest BCUT2D eigenvalue weighted by molar-refractivity contribution is 5.87. The monoisotopic (exact) mass is 249 g/mol. The summed E-state index contributed by atoms with van der Waals surface area (Å²) in [5, 5.41) is 1.20. The van der Waals surface area contributed by atoms with E-state index in [1.54, 1.807) is 0 Å². The Bertz CT molecular complexity index is 768. The van der Waals surface area contributed by atoms with Gasteiger partial charge in [0.2, 0.25) is 0 Å². The molecule has 0 spiro atoms. The van der Waals surface area contributed by atoms with Gasteiger partial charge in [0, 0.05) is 22.2 Å². The van der Waals surface area contributed by atoms with Crippen molar-refractivity contribution in [2.75, 3.05) is 0 Å². The number of aryl methyl sites for hydroxylation is 2. The first kappa shape index (κ1) is 11.7. The molecule has 2 nitrogen and oxygen atoms in total. The van der Waals surface area contributed by atoms with E-state index in [4.69, 9.17) is 0 Å². The molecule has 1 N–H and O–H groups in total. The van der Waals surface area contributed by atoms with Gasteiger partial charge in [-0.2, -0.15) is 0 Å². The number of hydrogen-bond acceptors (Lipinski definition) is 1. The van der Waals surface area contributed by atoms with E-state index >= 15 is 0 Å². The molecule has 1 heterocycles. The van der Waals surface area contributed by atoms with E-state index in [1.165, 1.54) is 5.39 Å². The van der Waals surface area contributed by atoms with Crippen molar-refractivity contribution in [1.82, 2.24) is 4.98 Å². The zero-order chi connectivity index (χ0) is 13.4. The zero-order valence-electron chi connectivity index (χ0n) is 11.0. The number of benzene rings is 2. The summed E-state index contributed by atoms with van der Waals surface area (Å²) in [6.45, 7) is 4.06. The fourth-order valence-electron chi connectivity index (χ4n) is 2.50. The second kappa shape index (κ2) is 4.39. The predicted octanol–water partition coefficient (Wildman–Crippen LogP) is 4.26. The Hall–Kier alpha value is -2.35. The maximum Gasteiger partial charge on any atom is 0.150 e. The van der Waals surface area contributed by atoms with Crippen LogP contribution < -0.4 is 0 Å². The molecule has 2 aromatic carbocycles. The topological polar surface area (TPSA) is 32.9 Å². The molecule has 0 amide bonds. The average Bonchev–Trinajstić information content (AvgIpc) is 2.76. The molecular formula is C17H15NO. The molecule has 3 rings (SSSR count). The first-order valence-electron chi connectivity index (χ1n) is 6.32. The van der Waals surface area contributed by atoms with E-state index in [1.807, 2.05) is 19.1 Å². The van der Waals surface area contributed by atoms with E-state index in [-0.39, 0.29) is 0 Å². The second-order valence-corrected chi connectivity index (χ2v) is 5.00. The molecule has 0 bridgehead atoms. The minimum Gasteiger partial charge on any atom is -0.359 e. The largest absolute Gasteiger partial charge is 0.359 e. The van der Waals surface area contributed by atoms with Crippen LogP contribution in [0.15, 0.2) is 42.5 Å². The van der Waals surface area contributed by atoms with Crippen LogP contribution in [0.4, 0.5) is 0 Å². The third kappa shape index (κ3) is 2.17. The molecule has 0 fully saturated rings. The molecule has 0 aliphatic heterocycles. The van der Waals surface area contributed by atoms with Gasteiger partial charge in [-0.1, -0.05) is 12.1 Å². The Labute approximate surface area is 112 Å². The van der Waals surface area contributed by atoms with Crippen molar-refractivity contribution in [2.45, 2.75) is 13.8 Å². The fraction of sp³-hybridized carbons (Fsp3) is 0.118. The van der Waals surface area contributed by atoms with Crippen LogP contribution in [0.2, 0.25) is 0 Å². The molecule has 0 aliphatic rings. The van der Waals surface area contributed by atoms with E-state index in [0.29, 0.717) is 0 Å². The van der Waals surface area contributed by atoms with E-state index < -0.39 is 0 Å². The number of rotatable bonds is 2. The van der Waals surface area contributed by atoms with E-state index in [2.05, 4.69) is 42.2 Å². The van der Waals surface area contributed by atoms with Gasteiger partial charge in [-0.15, -0.1) is 0 Å². The molecular weight excluding hydrogens is 234 g/mol. The van der Waals surface area contributed by atoms with Crippen molar-refractivity contribution < 1.29 is 4.79 Å². The Kier molecular flexibility index (Phi) is 2.71. The van der Waals surface area contributed by atoms with Crippen LogP contribution in [0.3, 0.4) is 0 Å². The number of carbonyl (C=O) groups is 1. The minimum absolute atomic E-state index is 0.723. The minimum atomic E-state index is 0.723. The Morgan fingerprint density at radius 1 is 0.947 bits per heavy atom. The summed E-state index contributed by atoms with van der Waals surface area (Å²) < 4.78 is 0. The van der Waals surface area contributed by atoms with Crippen LogP contribution in [-0.4, -0.2) is 11.3 Å².